The third kappa shape index (κ3) is 9.14. The highest BCUT2D eigenvalue weighted by Gasteiger charge is 2.53. The molecule has 0 radical (unpaired) electrons. The molecule has 4 aromatic heterocycles. The number of para-hydroxylation sites is 1. The number of fused-ring (bicyclic) bond motifs is 28. The Bertz CT molecular complexity index is 7640. The van der Waals surface area contributed by atoms with Crippen LogP contribution in [0.1, 0.15) is 44.5 Å². The molecule has 4 aliphatic rings. The van der Waals surface area contributed by atoms with Gasteiger partial charge in [0.25, 0.3) is 0 Å². The van der Waals surface area contributed by atoms with E-state index in [1.807, 2.05) is 0 Å². The largest absolute Gasteiger partial charge is 0.457 e. The van der Waals surface area contributed by atoms with E-state index >= 15 is 0 Å². The van der Waals surface area contributed by atoms with Gasteiger partial charge in [0.15, 0.2) is 5.82 Å². The van der Waals surface area contributed by atoms with Gasteiger partial charge in [-0.3, -0.25) is 4.57 Å². The summed E-state index contributed by atoms with van der Waals surface area (Å²) < 4.78 is 19.5. The van der Waals surface area contributed by atoms with Crippen LogP contribution >= 0.6 is 0 Å². The van der Waals surface area contributed by atoms with Gasteiger partial charge < -0.3 is 14.0 Å². The van der Waals surface area contributed by atoms with Crippen molar-refractivity contribution >= 4 is 65.2 Å². The number of hydrogen-bond acceptors (Lipinski definition) is 6. The normalized spacial score (nSPS) is 13.4. The van der Waals surface area contributed by atoms with Crippen LogP contribution in [0.5, 0.6) is 23.0 Å². The Labute approximate surface area is 667 Å². The number of ether oxygens (including phenoxy) is 2. The lowest BCUT2D eigenvalue weighted by molar-refractivity contribution is 0.437. The molecule has 21 aromatic rings. The number of nitrogens with zero attached hydrogens (tertiary/aromatic N) is 6. The maximum absolute atomic E-state index is 7.53. The molecule has 0 atom stereocenters. The third-order valence-corrected chi connectivity index (χ3v) is 25.0. The molecule has 0 saturated carbocycles. The van der Waals surface area contributed by atoms with E-state index in [0.717, 1.165) is 162 Å². The van der Waals surface area contributed by atoms with Crippen molar-refractivity contribution < 1.29 is 9.47 Å². The molecule has 0 amide bonds. The third-order valence-electron chi connectivity index (χ3n) is 25.0. The van der Waals surface area contributed by atoms with Crippen LogP contribution in [0.15, 0.2) is 388 Å². The molecule has 0 unspecified atom stereocenters. The van der Waals surface area contributed by atoms with Crippen LogP contribution in [0, 0.1) is 0 Å². The van der Waals surface area contributed by atoms with Gasteiger partial charge in [0.1, 0.15) is 23.0 Å². The van der Waals surface area contributed by atoms with Crippen LogP contribution in [0.25, 0.3) is 167 Å². The average Bonchev–Trinajstić information content (AvgIpc) is 1.49. The second-order valence-corrected chi connectivity index (χ2v) is 31.0. The quantitative estimate of drug-likeness (QED) is 0.151. The van der Waals surface area contributed by atoms with Gasteiger partial charge in [-0.25, -0.2) is 19.9 Å². The maximum atomic E-state index is 7.53. The van der Waals surface area contributed by atoms with Crippen molar-refractivity contribution in [3.8, 4) is 124 Å². The Hall–Kier alpha value is -15.4. The summed E-state index contributed by atoms with van der Waals surface area (Å²) >= 11 is 0. The van der Waals surface area contributed by atoms with Crippen LogP contribution < -0.4 is 9.47 Å². The van der Waals surface area contributed by atoms with E-state index in [2.05, 4.69) is 397 Å². The first-order valence-electron chi connectivity index (χ1n) is 39.6. The van der Waals surface area contributed by atoms with Gasteiger partial charge in [0, 0.05) is 77.3 Å². The molecular formula is C108H64N6O2. The Balaban J connectivity index is 0.661. The van der Waals surface area contributed by atoms with Gasteiger partial charge in [-0.15, -0.1) is 0 Å². The minimum absolute atomic E-state index is 0.575. The van der Waals surface area contributed by atoms with Crippen molar-refractivity contribution in [2.45, 2.75) is 10.8 Å². The summed E-state index contributed by atoms with van der Waals surface area (Å²) in [6.45, 7) is 0. The molecule has 17 aromatic carbocycles. The Kier molecular flexibility index (Phi) is 13.6. The van der Waals surface area contributed by atoms with Crippen molar-refractivity contribution in [2.24, 2.45) is 0 Å². The molecule has 0 N–H and O–H groups in total. The van der Waals surface area contributed by atoms with Gasteiger partial charge in [0.05, 0.1) is 55.7 Å². The molecule has 116 heavy (non-hydrogen) atoms. The zero-order chi connectivity index (χ0) is 75.9. The highest BCUT2D eigenvalue weighted by atomic mass is 16.5. The zero-order valence-electron chi connectivity index (χ0n) is 62.5. The van der Waals surface area contributed by atoms with Gasteiger partial charge in [-0.2, -0.15) is 0 Å². The molecule has 2 aliphatic carbocycles. The second-order valence-electron chi connectivity index (χ2n) is 31.0. The summed E-state index contributed by atoms with van der Waals surface area (Å²) in [5.74, 6) is 4.48. The standard InChI is InChI=1S/C108H64N6O2/c1-4-28-67(29-5-1)91-63-94(72-35-25-37-74(57-72)113-95-53-50-65-26-10-12-38-75(65)103(95)81-59-101-89(61-97(81)113)107(87-48-22-23-49-99(87)115-101)83-44-18-14-40-77(83)78-41-15-19-45-84(78)107)110-105(109-91)73-36-24-34-70(56-73)71-52-55-100-88(58-71)108(85-46-20-16-42-79(85)80-43-17-21-47-86(80)108)90-62-98-82(60-102(90)116-100)104-76-39-13-11-27-66(76)51-54-96(104)114(98)106-111-92(68-30-6-2-7-31-68)64-93(112-106)69-32-8-3-9-33-69/h1-64H. The molecule has 538 valence electrons. The summed E-state index contributed by atoms with van der Waals surface area (Å²) in [5, 5.41) is 9.05. The fraction of sp³-hybridized carbons (Fsp3) is 0.0185. The Morgan fingerprint density at radius 1 is 0.216 bits per heavy atom. The van der Waals surface area contributed by atoms with Crippen LogP contribution in [-0.2, 0) is 10.8 Å². The van der Waals surface area contributed by atoms with E-state index < -0.39 is 10.8 Å². The highest BCUT2D eigenvalue weighted by Crippen LogP contribution is 2.66. The van der Waals surface area contributed by atoms with Crippen molar-refractivity contribution in [2.75, 3.05) is 0 Å². The summed E-state index contributed by atoms with van der Waals surface area (Å²) in [6, 6.07) is 140. The fourth-order valence-electron chi connectivity index (χ4n) is 20.2. The van der Waals surface area contributed by atoms with E-state index in [4.69, 9.17) is 29.4 Å². The first kappa shape index (κ1) is 64.3. The minimum Gasteiger partial charge on any atom is -0.457 e. The molecule has 8 nitrogen and oxygen atoms in total. The van der Waals surface area contributed by atoms with E-state index in [9.17, 15) is 0 Å². The monoisotopic (exact) mass is 1480 g/mol. The lowest BCUT2D eigenvalue weighted by Crippen LogP contribution is -2.32. The first-order chi connectivity index (χ1) is 57.5. The second kappa shape index (κ2) is 24.6. The Morgan fingerprint density at radius 2 is 0.612 bits per heavy atom. The summed E-state index contributed by atoms with van der Waals surface area (Å²) in [5.41, 5.74) is 27.8. The van der Waals surface area contributed by atoms with Gasteiger partial charge >= 0.3 is 0 Å². The van der Waals surface area contributed by atoms with E-state index in [1.54, 1.807) is 0 Å². The van der Waals surface area contributed by atoms with Crippen molar-refractivity contribution in [3.05, 3.63) is 433 Å². The van der Waals surface area contributed by atoms with E-state index in [-0.39, 0.29) is 0 Å². The highest BCUT2D eigenvalue weighted by molar-refractivity contribution is 6.23. The van der Waals surface area contributed by atoms with Crippen LogP contribution in [-0.4, -0.2) is 29.1 Å². The SMILES string of the molecule is c1ccc(-c2cc(-c3cccc(-n4c5cc6c(cc5c5c7ccccc7ccc54)Oc4ccccc4C64c5ccccc5-c5ccccc54)c3)nc(-c3cccc(-c4ccc5c(c4)C4(c6cc7c(cc6O5)c5c6ccccc6ccc5n7-c5nc(-c6ccccc6)cc(-c6ccccc6)n5)c5ccccc5-c5ccccc54)c3)n2)cc1. The molecule has 0 fully saturated rings. The van der Waals surface area contributed by atoms with Gasteiger partial charge in [-0.05, 0) is 162 Å². The van der Waals surface area contributed by atoms with Gasteiger partial charge in [0.2, 0.25) is 5.95 Å². The zero-order valence-corrected chi connectivity index (χ0v) is 62.5. The van der Waals surface area contributed by atoms with Crippen LogP contribution in [0.4, 0.5) is 0 Å². The van der Waals surface area contributed by atoms with Gasteiger partial charge in [-0.1, -0.05) is 303 Å². The molecule has 2 aliphatic heterocycles. The molecule has 6 heterocycles. The lowest BCUT2D eigenvalue weighted by atomic mass is 9.65. The summed E-state index contributed by atoms with van der Waals surface area (Å²) in [6.07, 6.45) is 0. The summed E-state index contributed by atoms with van der Waals surface area (Å²) in [7, 11) is 0. The predicted molar refractivity (Wildman–Crippen MR) is 469 cm³/mol. The van der Waals surface area contributed by atoms with Crippen LogP contribution in [0.2, 0.25) is 0 Å². The topological polar surface area (TPSA) is 79.9 Å². The van der Waals surface area contributed by atoms with Crippen molar-refractivity contribution in [1.29, 1.82) is 0 Å². The molecule has 8 heteroatoms. The van der Waals surface area contributed by atoms with E-state index in [1.165, 1.54) is 60.7 Å². The van der Waals surface area contributed by atoms with E-state index in [0.29, 0.717) is 11.8 Å². The lowest BCUT2D eigenvalue weighted by Gasteiger charge is -2.39. The number of benzene rings is 17. The van der Waals surface area contributed by atoms with Crippen molar-refractivity contribution in [1.82, 2.24) is 29.1 Å². The number of aromatic nitrogens is 6. The predicted octanol–water partition coefficient (Wildman–Crippen LogP) is 26.7. The number of hydrogen-bond donors (Lipinski definition) is 0. The molecule has 0 bridgehead atoms. The van der Waals surface area contributed by atoms with Crippen LogP contribution in [0.3, 0.4) is 0 Å². The fourth-order valence-corrected chi connectivity index (χ4v) is 20.2. The molecular weight excluding hydrogens is 1410 g/mol. The number of rotatable bonds is 8. The van der Waals surface area contributed by atoms with Crippen molar-refractivity contribution in [3.63, 3.8) is 0 Å². The molecule has 25 rings (SSSR count). The smallest absolute Gasteiger partial charge is 0.235 e. The minimum atomic E-state index is -0.858. The first-order valence-corrected chi connectivity index (χ1v) is 39.6. The molecule has 2 spiro atoms. The average molecular weight is 1480 g/mol. The molecule has 0 saturated heterocycles. The summed E-state index contributed by atoms with van der Waals surface area (Å²) in [4.78, 5) is 22.3. The maximum Gasteiger partial charge on any atom is 0.235 e. The Morgan fingerprint density at radius 3 is 1.16 bits per heavy atom.